The van der Waals surface area contributed by atoms with E-state index < -0.39 is 0 Å². The van der Waals surface area contributed by atoms with E-state index in [4.69, 9.17) is 9.72 Å². The molecule has 2 heterocycles. The Kier molecular flexibility index (Phi) is 4.21. The molecule has 104 valence electrons. The minimum absolute atomic E-state index is 0.0190. The summed E-state index contributed by atoms with van der Waals surface area (Å²) in [4.78, 5) is 19.7. The highest BCUT2D eigenvalue weighted by molar-refractivity contribution is 14.1. The largest absolute Gasteiger partial charge is 0.378 e. The zero-order valence-corrected chi connectivity index (χ0v) is 13.1. The molecule has 0 spiro atoms. The Bertz CT molecular complexity index is 503. The van der Waals surface area contributed by atoms with Gasteiger partial charge in [-0.3, -0.25) is 4.79 Å². The second-order valence-corrected chi connectivity index (χ2v) is 6.61. The van der Waals surface area contributed by atoms with Crippen molar-refractivity contribution in [2.45, 2.75) is 57.0 Å². The molecule has 2 fully saturated rings. The first kappa shape index (κ1) is 13.5. The fourth-order valence-corrected chi connectivity index (χ4v) is 3.81. The Morgan fingerprint density at radius 2 is 2.05 bits per heavy atom. The van der Waals surface area contributed by atoms with E-state index in [0.29, 0.717) is 5.92 Å². The number of rotatable bonds is 3. The van der Waals surface area contributed by atoms with Gasteiger partial charge in [-0.25, -0.2) is 4.98 Å². The molecule has 0 radical (unpaired) electrons. The van der Waals surface area contributed by atoms with E-state index in [2.05, 4.69) is 27.6 Å². The van der Waals surface area contributed by atoms with Crippen molar-refractivity contribution in [3.8, 4) is 0 Å². The molecular weight excluding hydrogens is 355 g/mol. The summed E-state index contributed by atoms with van der Waals surface area (Å²) in [7, 11) is 0. The van der Waals surface area contributed by atoms with Crippen LogP contribution in [0.25, 0.3) is 0 Å². The first-order valence-corrected chi connectivity index (χ1v) is 8.22. The van der Waals surface area contributed by atoms with Gasteiger partial charge in [0, 0.05) is 18.9 Å². The number of aromatic nitrogens is 2. The molecule has 1 atom stereocenters. The van der Waals surface area contributed by atoms with Gasteiger partial charge in [0.05, 0.1) is 15.4 Å². The lowest BCUT2D eigenvalue weighted by Crippen LogP contribution is -2.22. The van der Waals surface area contributed by atoms with Crippen LogP contribution >= 0.6 is 22.6 Å². The summed E-state index contributed by atoms with van der Waals surface area (Å²) in [6.07, 6.45) is 8.04. The smallest absolute Gasteiger partial charge is 0.264 e. The monoisotopic (exact) mass is 374 g/mol. The number of halogens is 1. The minimum atomic E-state index is 0.0190. The van der Waals surface area contributed by atoms with Crippen molar-refractivity contribution in [2.24, 2.45) is 0 Å². The van der Waals surface area contributed by atoms with Crippen molar-refractivity contribution in [2.75, 3.05) is 6.61 Å². The van der Waals surface area contributed by atoms with Gasteiger partial charge in [-0.2, -0.15) is 0 Å². The lowest BCUT2D eigenvalue weighted by atomic mass is 10.0. The van der Waals surface area contributed by atoms with Crippen molar-refractivity contribution in [1.29, 1.82) is 0 Å². The molecule has 1 aliphatic heterocycles. The normalized spacial score (nSPS) is 24.2. The fourth-order valence-electron chi connectivity index (χ4n) is 3.11. The lowest BCUT2D eigenvalue weighted by molar-refractivity contribution is 0.109. The van der Waals surface area contributed by atoms with E-state index >= 15 is 0 Å². The Morgan fingerprint density at radius 1 is 1.26 bits per heavy atom. The number of aromatic amines is 1. The van der Waals surface area contributed by atoms with E-state index in [1.807, 2.05) is 0 Å². The van der Waals surface area contributed by atoms with Crippen LogP contribution in [-0.4, -0.2) is 22.7 Å². The number of nitrogens with zero attached hydrogens (tertiary/aromatic N) is 1. The van der Waals surface area contributed by atoms with Crippen molar-refractivity contribution in [1.82, 2.24) is 9.97 Å². The third-order valence-electron chi connectivity index (χ3n) is 4.12. The molecule has 0 aromatic carbocycles. The molecule has 0 bridgehead atoms. The molecule has 1 N–H and O–H groups in total. The van der Waals surface area contributed by atoms with Crippen LogP contribution < -0.4 is 5.56 Å². The summed E-state index contributed by atoms with van der Waals surface area (Å²) < 4.78 is 6.41. The second kappa shape index (κ2) is 5.91. The lowest BCUT2D eigenvalue weighted by Gasteiger charge is -2.14. The average molecular weight is 374 g/mol. The van der Waals surface area contributed by atoms with Crippen LogP contribution in [0.2, 0.25) is 0 Å². The van der Waals surface area contributed by atoms with E-state index in [1.165, 1.54) is 25.7 Å². The maximum atomic E-state index is 12.0. The van der Waals surface area contributed by atoms with Crippen LogP contribution in [0.15, 0.2) is 4.79 Å². The summed E-state index contributed by atoms with van der Waals surface area (Å²) in [5.41, 5.74) is 1.04. The zero-order valence-electron chi connectivity index (χ0n) is 11.0. The number of hydrogen-bond donors (Lipinski definition) is 1. The first-order valence-electron chi connectivity index (χ1n) is 7.14. The predicted octanol–water partition coefficient (Wildman–Crippen LogP) is 2.75. The molecule has 4 nitrogen and oxygen atoms in total. The van der Waals surface area contributed by atoms with Crippen LogP contribution in [0.4, 0.5) is 0 Å². The van der Waals surface area contributed by atoms with Crippen molar-refractivity contribution >= 4 is 22.6 Å². The van der Waals surface area contributed by atoms with Gasteiger partial charge >= 0.3 is 0 Å². The Morgan fingerprint density at radius 3 is 2.74 bits per heavy atom. The van der Waals surface area contributed by atoms with Crippen molar-refractivity contribution < 1.29 is 4.74 Å². The predicted molar refractivity (Wildman–Crippen MR) is 81.5 cm³/mol. The highest BCUT2D eigenvalue weighted by atomic mass is 127. The molecule has 1 saturated carbocycles. The third kappa shape index (κ3) is 3.02. The van der Waals surface area contributed by atoms with Crippen LogP contribution in [-0.2, 0) is 11.2 Å². The molecule has 1 aliphatic carbocycles. The molecule has 5 heteroatoms. The number of ether oxygens (including phenoxy) is 1. The van der Waals surface area contributed by atoms with Gasteiger partial charge in [-0.1, -0.05) is 12.8 Å². The maximum Gasteiger partial charge on any atom is 0.264 e. The van der Waals surface area contributed by atoms with Gasteiger partial charge < -0.3 is 9.72 Å². The highest BCUT2D eigenvalue weighted by Crippen LogP contribution is 2.34. The Hall–Kier alpha value is -0.430. The van der Waals surface area contributed by atoms with E-state index in [-0.39, 0.29) is 11.7 Å². The van der Waals surface area contributed by atoms with E-state index in [1.54, 1.807) is 0 Å². The molecule has 1 aromatic heterocycles. The topological polar surface area (TPSA) is 55.0 Å². The van der Waals surface area contributed by atoms with Crippen LogP contribution in [0, 0.1) is 3.57 Å². The summed E-state index contributed by atoms with van der Waals surface area (Å²) in [6, 6.07) is 0. The van der Waals surface area contributed by atoms with Crippen LogP contribution in [0.1, 0.15) is 56.0 Å². The number of H-pyrrole nitrogens is 1. The third-order valence-corrected chi connectivity index (χ3v) is 5.17. The zero-order chi connectivity index (χ0) is 13.2. The molecular formula is C14H19IN2O2. The van der Waals surface area contributed by atoms with E-state index in [9.17, 15) is 4.79 Å². The SMILES string of the molecule is O=c1[nH]c(CC2CCCO2)nc(C2CCCC2)c1I. The van der Waals surface area contributed by atoms with Gasteiger partial charge in [-0.15, -0.1) is 0 Å². The van der Waals surface area contributed by atoms with Crippen molar-refractivity contribution in [3.63, 3.8) is 0 Å². The molecule has 2 aliphatic rings. The van der Waals surface area contributed by atoms with E-state index in [0.717, 1.165) is 41.0 Å². The fraction of sp³-hybridized carbons (Fsp3) is 0.714. The van der Waals surface area contributed by atoms with Crippen molar-refractivity contribution in [3.05, 3.63) is 25.4 Å². The molecule has 1 saturated heterocycles. The Labute approximate surface area is 126 Å². The summed E-state index contributed by atoms with van der Waals surface area (Å²) in [5.74, 6) is 1.29. The van der Waals surface area contributed by atoms with Gasteiger partial charge in [-0.05, 0) is 48.3 Å². The molecule has 1 unspecified atom stereocenters. The van der Waals surface area contributed by atoms with Crippen LogP contribution in [0.5, 0.6) is 0 Å². The first-order chi connectivity index (χ1) is 9.24. The quantitative estimate of drug-likeness (QED) is 0.828. The van der Waals surface area contributed by atoms with Crippen LogP contribution in [0.3, 0.4) is 0 Å². The number of hydrogen-bond acceptors (Lipinski definition) is 3. The maximum absolute atomic E-state index is 12.0. The minimum Gasteiger partial charge on any atom is -0.378 e. The standard InChI is InChI=1S/C14H19IN2O2/c15-12-13(9-4-1-2-5-9)16-11(17-14(12)18)8-10-6-3-7-19-10/h9-10H,1-8H2,(H,16,17,18). The van der Waals surface area contributed by atoms with Gasteiger partial charge in [0.25, 0.3) is 5.56 Å². The number of nitrogens with one attached hydrogen (secondary N) is 1. The summed E-state index contributed by atoms with van der Waals surface area (Å²) in [6.45, 7) is 0.842. The van der Waals surface area contributed by atoms with Gasteiger partial charge in [0.15, 0.2) is 0 Å². The summed E-state index contributed by atoms with van der Waals surface area (Å²) in [5, 5.41) is 0. The van der Waals surface area contributed by atoms with Gasteiger partial charge in [0.1, 0.15) is 5.82 Å². The average Bonchev–Trinajstić information content (AvgIpc) is 3.06. The molecule has 3 rings (SSSR count). The Balaban J connectivity index is 1.86. The molecule has 1 aromatic rings. The van der Waals surface area contributed by atoms with Gasteiger partial charge in [0.2, 0.25) is 0 Å². The second-order valence-electron chi connectivity index (χ2n) is 5.53. The molecule has 0 amide bonds. The molecule has 19 heavy (non-hydrogen) atoms. The highest BCUT2D eigenvalue weighted by Gasteiger charge is 2.24. The summed E-state index contributed by atoms with van der Waals surface area (Å²) >= 11 is 2.14.